The van der Waals surface area contributed by atoms with Crippen LogP contribution in [0.1, 0.15) is 24.8 Å². The molecule has 0 radical (unpaired) electrons. The fraction of sp³-hybridized carbons (Fsp3) is 0.467. The van der Waals surface area contributed by atoms with Gasteiger partial charge in [0.05, 0.1) is 13.1 Å². The van der Waals surface area contributed by atoms with Crippen LogP contribution in [-0.2, 0) is 6.54 Å². The van der Waals surface area contributed by atoms with E-state index in [0.717, 1.165) is 12.3 Å². The lowest BCUT2D eigenvalue weighted by atomic mass is 10.1. The Bertz CT molecular complexity index is 338. The molecule has 1 fully saturated rings. The van der Waals surface area contributed by atoms with E-state index in [1.165, 1.54) is 37.9 Å². The number of rotatable bonds is 5. The molecule has 2 nitrogen and oxygen atoms in total. The third kappa shape index (κ3) is 3.90. The van der Waals surface area contributed by atoms with Gasteiger partial charge in [-0.25, -0.2) is 0 Å². The number of hydrogen-bond donors (Lipinski definition) is 1. The lowest BCUT2D eigenvalue weighted by molar-refractivity contribution is -0.918. The minimum Gasteiger partial charge on any atom is -0.490 e. The van der Waals surface area contributed by atoms with E-state index in [0.29, 0.717) is 6.61 Å². The maximum atomic E-state index is 5.48. The van der Waals surface area contributed by atoms with E-state index in [-0.39, 0.29) is 0 Å². The van der Waals surface area contributed by atoms with Gasteiger partial charge in [0.25, 0.3) is 0 Å². The molecule has 0 atom stereocenters. The highest BCUT2D eigenvalue weighted by Crippen LogP contribution is 2.11. The van der Waals surface area contributed by atoms with Crippen molar-refractivity contribution in [2.75, 3.05) is 19.7 Å². The summed E-state index contributed by atoms with van der Waals surface area (Å²) < 4.78 is 5.48. The summed E-state index contributed by atoms with van der Waals surface area (Å²) in [5.74, 6) is 0.933. The fourth-order valence-corrected chi connectivity index (χ4v) is 2.38. The van der Waals surface area contributed by atoms with Gasteiger partial charge < -0.3 is 9.64 Å². The summed E-state index contributed by atoms with van der Waals surface area (Å²) in [7, 11) is 0. The minimum absolute atomic E-state index is 0.580. The topological polar surface area (TPSA) is 13.7 Å². The van der Waals surface area contributed by atoms with Gasteiger partial charge in [-0.3, -0.25) is 0 Å². The van der Waals surface area contributed by atoms with Crippen LogP contribution in [0, 0.1) is 0 Å². The van der Waals surface area contributed by atoms with Crippen molar-refractivity contribution >= 4 is 0 Å². The van der Waals surface area contributed by atoms with Crippen molar-refractivity contribution in [3.8, 4) is 5.75 Å². The molecule has 0 aliphatic carbocycles. The average molecular weight is 232 g/mol. The molecule has 0 saturated carbocycles. The first-order valence-electron chi connectivity index (χ1n) is 6.54. The highest BCUT2D eigenvalue weighted by molar-refractivity contribution is 5.26. The molecule has 1 aliphatic heterocycles. The quantitative estimate of drug-likeness (QED) is 0.765. The van der Waals surface area contributed by atoms with Crippen LogP contribution in [0.4, 0.5) is 0 Å². The molecule has 2 heteroatoms. The Balaban J connectivity index is 1.86. The second kappa shape index (κ2) is 6.45. The largest absolute Gasteiger partial charge is 0.490 e. The Morgan fingerprint density at radius 2 is 1.82 bits per heavy atom. The van der Waals surface area contributed by atoms with E-state index in [4.69, 9.17) is 4.74 Å². The molecule has 92 valence electrons. The van der Waals surface area contributed by atoms with Crippen LogP contribution in [0.5, 0.6) is 5.75 Å². The summed E-state index contributed by atoms with van der Waals surface area (Å²) in [4.78, 5) is 1.72. The molecule has 0 unspecified atom stereocenters. The van der Waals surface area contributed by atoms with Crippen LogP contribution in [0.3, 0.4) is 0 Å². The molecule has 0 amide bonds. The molecule has 0 aromatic heterocycles. The first kappa shape index (κ1) is 12.2. The lowest BCUT2D eigenvalue weighted by Crippen LogP contribution is -3.11. The zero-order valence-electron chi connectivity index (χ0n) is 10.5. The zero-order chi connectivity index (χ0) is 11.9. The van der Waals surface area contributed by atoms with Crippen LogP contribution >= 0.6 is 0 Å². The fourth-order valence-electron chi connectivity index (χ4n) is 2.38. The van der Waals surface area contributed by atoms with Gasteiger partial charge in [-0.2, -0.15) is 0 Å². The third-order valence-electron chi connectivity index (χ3n) is 3.31. The second-order valence-electron chi connectivity index (χ2n) is 4.73. The predicted molar refractivity (Wildman–Crippen MR) is 70.4 cm³/mol. The van der Waals surface area contributed by atoms with E-state index in [2.05, 4.69) is 30.8 Å². The van der Waals surface area contributed by atoms with E-state index in [1.807, 2.05) is 0 Å². The molecular formula is C15H22NO+. The van der Waals surface area contributed by atoms with Crippen LogP contribution in [0.25, 0.3) is 0 Å². The van der Waals surface area contributed by atoms with Crippen LogP contribution < -0.4 is 9.64 Å². The van der Waals surface area contributed by atoms with Crippen molar-refractivity contribution in [2.45, 2.75) is 25.8 Å². The van der Waals surface area contributed by atoms with Gasteiger partial charge in [0.1, 0.15) is 18.9 Å². The van der Waals surface area contributed by atoms with Gasteiger partial charge in [0, 0.05) is 5.56 Å². The Morgan fingerprint density at radius 1 is 1.12 bits per heavy atom. The Kier molecular flexibility index (Phi) is 4.63. The Labute approximate surface area is 104 Å². The number of ether oxygens (including phenoxy) is 1. The number of quaternary nitrogens is 1. The van der Waals surface area contributed by atoms with E-state index >= 15 is 0 Å². The van der Waals surface area contributed by atoms with Gasteiger partial charge in [-0.1, -0.05) is 12.7 Å². The first-order chi connectivity index (χ1) is 8.38. The molecule has 1 heterocycles. The number of nitrogens with one attached hydrogen (secondary N) is 1. The van der Waals surface area contributed by atoms with Gasteiger partial charge in [-0.05, 0) is 43.5 Å². The minimum atomic E-state index is 0.580. The van der Waals surface area contributed by atoms with Crippen LogP contribution in [0.15, 0.2) is 36.9 Å². The Hall–Kier alpha value is -1.28. The predicted octanol–water partition coefficient (Wildman–Crippen LogP) is 1.82. The zero-order valence-corrected chi connectivity index (χ0v) is 10.5. The van der Waals surface area contributed by atoms with Gasteiger partial charge in [-0.15, -0.1) is 0 Å². The van der Waals surface area contributed by atoms with Crippen molar-refractivity contribution in [2.24, 2.45) is 0 Å². The molecule has 17 heavy (non-hydrogen) atoms. The first-order valence-corrected chi connectivity index (χ1v) is 6.54. The summed E-state index contributed by atoms with van der Waals surface area (Å²) in [6, 6.07) is 8.48. The van der Waals surface area contributed by atoms with Gasteiger partial charge >= 0.3 is 0 Å². The summed E-state index contributed by atoms with van der Waals surface area (Å²) >= 11 is 0. The van der Waals surface area contributed by atoms with E-state index < -0.39 is 0 Å². The standard InChI is InChI=1S/C15H21NO/c1-2-12-17-15-8-6-14(7-9-15)13-16-10-4-3-5-11-16/h2,6-9H,1,3-5,10-13H2/p+1. The molecule has 1 aromatic rings. The molecule has 0 bridgehead atoms. The normalized spacial score (nSPS) is 16.7. The lowest BCUT2D eigenvalue weighted by Gasteiger charge is -2.23. The monoisotopic (exact) mass is 232 g/mol. The highest BCUT2D eigenvalue weighted by atomic mass is 16.5. The molecule has 1 aliphatic rings. The Morgan fingerprint density at radius 3 is 2.47 bits per heavy atom. The summed E-state index contributed by atoms with van der Waals surface area (Å²) in [5.41, 5.74) is 1.41. The SMILES string of the molecule is C=CCOc1ccc(C[NH+]2CCCCC2)cc1. The third-order valence-corrected chi connectivity index (χ3v) is 3.31. The maximum absolute atomic E-state index is 5.48. The molecule has 1 aromatic carbocycles. The maximum Gasteiger partial charge on any atom is 0.119 e. The number of hydrogen-bond acceptors (Lipinski definition) is 1. The number of benzene rings is 1. The van der Waals surface area contributed by atoms with Gasteiger partial charge in [0.15, 0.2) is 0 Å². The van der Waals surface area contributed by atoms with Crippen molar-refractivity contribution in [1.29, 1.82) is 0 Å². The second-order valence-corrected chi connectivity index (χ2v) is 4.73. The molecule has 1 N–H and O–H groups in total. The number of piperidine rings is 1. The molecule has 1 saturated heterocycles. The summed E-state index contributed by atoms with van der Waals surface area (Å²) in [6.45, 7) is 8.03. The van der Waals surface area contributed by atoms with Crippen molar-refractivity contribution in [3.05, 3.63) is 42.5 Å². The van der Waals surface area contributed by atoms with Crippen LogP contribution in [0.2, 0.25) is 0 Å². The molecular weight excluding hydrogens is 210 g/mol. The van der Waals surface area contributed by atoms with Crippen molar-refractivity contribution in [3.63, 3.8) is 0 Å². The summed E-state index contributed by atoms with van der Waals surface area (Å²) in [5, 5.41) is 0. The smallest absolute Gasteiger partial charge is 0.119 e. The van der Waals surface area contributed by atoms with Crippen molar-refractivity contribution in [1.82, 2.24) is 0 Å². The highest BCUT2D eigenvalue weighted by Gasteiger charge is 2.13. The number of likely N-dealkylation sites (tertiary alicyclic amines) is 1. The molecule has 0 spiro atoms. The van der Waals surface area contributed by atoms with Crippen molar-refractivity contribution < 1.29 is 9.64 Å². The van der Waals surface area contributed by atoms with Crippen LogP contribution in [-0.4, -0.2) is 19.7 Å². The molecule has 2 rings (SSSR count). The van der Waals surface area contributed by atoms with E-state index in [1.54, 1.807) is 11.0 Å². The summed E-state index contributed by atoms with van der Waals surface area (Å²) in [6.07, 6.45) is 5.95. The van der Waals surface area contributed by atoms with E-state index in [9.17, 15) is 0 Å². The average Bonchev–Trinajstić information content (AvgIpc) is 2.39. The van der Waals surface area contributed by atoms with Gasteiger partial charge in [0.2, 0.25) is 0 Å².